The molecule has 3 atom stereocenters. The van der Waals surface area contributed by atoms with Crippen LogP contribution in [0.25, 0.3) is 0 Å². The maximum absolute atomic E-state index is 9.02. The normalized spacial score (nSPS) is 28.4. The van der Waals surface area contributed by atoms with Crippen molar-refractivity contribution in [1.29, 1.82) is 5.26 Å². The van der Waals surface area contributed by atoms with Crippen LogP contribution in [0.1, 0.15) is 37.7 Å². The molecule has 0 spiro atoms. The van der Waals surface area contributed by atoms with Gasteiger partial charge in [0.1, 0.15) is 5.75 Å². The molecular formula is C15H19NO. The summed E-state index contributed by atoms with van der Waals surface area (Å²) in [5.74, 6) is 2.29. The first-order valence-corrected chi connectivity index (χ1v) is 6.28. The number of methoxy groups -OCH3 is 1. The highest BCUT2D eigenvalue weighted by Crippen LogP contribution is 2.39. The maximum atomic E-state index is 9.02. The topological polar surface area (TPSA) is 33.0 Å². The average Bonchev–Trinajstić information content (AvgIpc) is 2.39. The van der Waals surface area contributed by atoms with Crippen LogP contribution < -0.4 is 4.74 Å². The van der Waals surface area contributed by atoms with Crippen molar-refractivity contribution in [2.75, 3.05) is 7.11 Å². The molecule has 2 rings (SSSR count). The minimum Gasteiger partial charge on any atom is -0.497 e. The third-order valence-electron chi connectivity index (χ3n) is 3.92. The van der Waals surface area contributed by atoms with Crippen LogP contribution in [0.3, 0.4) is 0 Å². The second-order valence-electron chi connectivity index (χ2n) is 5.00. The average molecular weight is 229 g/mol. The molecule has 1 aliphatic carbocycles. The third-order valence-corrected chi connectivity index (χ3v) is 3.92. The summed E-state index contributed by atoms with van der Waals surface area (Å²) in [4.78, 5) is 0. The lowest BCUT2D eigenvalue weighted by Gasteiger charge is -2.30. The van der Waals surface area contributed by atoms with Crippen LogP contribution in [0, 0.1) is 23.2 Å². The van der Waals surface area contributed by atoms with Crippen LogP contribution in [0.5, 0.6) is 5.75 Å². The number of hydrogen-bond donors (Lipinski definition) is 0. The molecule has 0 bridgehead atoms. The zero-order valence-corrected chi connectivity index (χ0v) is 10.5. The van der Waals surface area contributed by atoms with Crippen molar-refractivity contribution in [3.63, 3.8) is 0 Å². The van der Waals surface area contributed by atoms with Crippen molar-refractivity contribution in [1.82, 2.24) is 0 Å². The number of ether oxygens (including phenoxy) is 1. The van der Waals surface area contributed by atoms with E-state index in [1.807, 2.05) is 12.1 Å². The van der Waals surface area contributed by atoms with E-state index in [4.69, 9.17) is 10.00 Å². The summed E-state index contributed by atoms with van der Waals surface area (Å²) in [5, 5.41) is 9.02. The molecule has 0 heterocycles. The Hall–Kier alpha value is -1.49. The summed E-state index contributed by atoms with van der Waals surface area (Å²) in [7, 11) is 1.69. The standard InChI is InChI=1S/C15H19NO/c1-11-9-13(3-4-14(11)10-16)12-5-7-15(17-2)8-6-12/h5-8,11,13-14H,3-4,9H2,1-2H3/t11-,13-,14+/m1/s1. The Morgan fingerprint density at radius 3 is 2.47 bits per heavy atom. The van der Waals surface area contributed by atoms with Crippen LogP contribution in [-0.4, -0.2) is 7.11 Å². The molecule has 90 valence electrons. The van der Waals surface area contributed by atoms with Gasteiger partial charge in [0.15, 0.2) is 0 Å². The second-order valence-corrected chi connectivity index (χ2v) is 5.00. The highest BCUT2D eigenvalue weighted by Gasteiger charge is 2.28. The summed E-state index contributed by atoms with van der Waals surface area (Å²) in [6.07, 6.45) is 3.30. The third kappa shape index (κ3) is 2.61. The van der Waals surface area contributed by atoms with Gasteiger partial charge in [0.2, 0.25) is 0 Å². The number of nitriles is 1. The minimum atomic E-state index is 0.254. The molecule has 17 heavy (non-hydrogen) atoms. The fraction of sp³-hybridized carbons (Fsp3) is 0.533. The Kier molecular flexibility index (Phi) is 3.68. The Bertz CT molecular complexity index is 404. The van der Waals surface area contributed by atoms with Gasteiger partial charge in [0.05, 0.1) is 13.2 Å². The van der Waals surface area contributed by atoms with E-state index in [0.29, 0.717) is 11.8 Å². The first kappa shape index (κ1) is 12.0. The van der Waals surface area contributed by atoms with Gasteiger partial charge in [-0.2, -0.15) is 5.26 Å². The maximum Gasteiger partial charge on any atom is 0.118 e. The van der Waals surface area contributed by atoms with Crippen molar-refractivity contribution in [3.05, 3.63) is 29.8 Å². The molecule has 1 saturated carbocycles. The van der Waals surface area contributed by atoms with Crippen LogP contribution in [0.2, 0.25) is 0 Å². The Morgan fingerprint density at radius 1 is 1.24 bits per heavy atom. The van der Waals surface area contributed by atoms with Gasteiger partial charge in [-0.25, -0.2) is 0 Å². The van der Waals surface area contributed by atoms with E-state index < -0.39 is 0 Å². The van der Waals surface area contributed by atoms with Gasteiger partial charge in [-0.3, -0.25) is 0 Å². The van der Waals surface area contributed by atoms with Gasteiger partial charge in [-0.1, -0.05) is 19.1 Å². The molecular weight excluding hydrogens is 210 g/mol. The molecule has 0 amide bonds. The zero-order valence-electron chi connectivity index (χ0n) is 10.5. The molecule has 1 aromatic carbocycles. The van der Waals surface area contributed by atoms with Gasteiger partial charge >= 0.3 is 0 Å². The first-order valence-electron chi connectivity index (χ1n) is 6.28. The van der Waals surface area contributed by atoms with Crippen molar-refractivity contribution < 1.29 is 4.74 Å². The fourth-order valence-electron chi connectivity index (χ4n) is 2.77. The quantitative estimate of drug-likeness (QED) is 0.774. The van der Waals surface area contributed by atoms with Gasteiger partial charge < -0.3 is 4.74 Å². The molecule has 0 aromatic heterocycles. The van der Waals surface area contributed by atoms with Crippen LogP contribution in [-0.2, 0) is 0 Å². The predicted octanol–water partition coefficient (Wildman–Crippen LogP) is 3.74. The summed E-state index contributed by atoms with van der Waals surface area (Å²) in [5.41, 5.74) is 1.38. The largest absolute Gasteiger partial charge is 0.497 e. The number of rotatable bonds is 2. The van der Waals surface area contributed by atoms with Crippen LogP contribution in [0.15, 0.2) is 24.3 Å². The Balaban J connectivity index is 2.06. The summed E-state index contributed by atoms with van der Waals surface area (Å²) in [6, 6.07) is 10.8. The van der Waals surface area contributed by atoms with E-state index >= 15 is 0 Å². The molecule has 1 fully saturated rings. The van der Waals surface area contributed by atoms with Gasteiger partial charge in [-0.05, 0) is 48.8 Å². The van der Waals surface area contributed by atoms with Crippen molar-refractivity contribution in [2.24, 2.45) is 11.8 Å². The highest BCUT2D eigenvalue weighted by atomic mass is 16.5. The molecule has 2 heteroatoms. The molecule has 0 unspecified atom stereocenters. The smallest absolute Gasteiger partial charge is 0.118 e. The summed E-state index contributed by atoms with van der Waals surface area (Å²) < 4.78 is 5.17. The van der Waals surface area contributed by atoms with E-state index in [0.717, 1.165) is 25.0 Å². The lowest BCUT2D eigenvalue weighted by molar-refractivity contribution is 0.282. The monoisotopic (exact) mass is 229 g/mol. The van der Waals surface area contributed by atoms with Gasteiger partial charge in [-0.15, -0.1) is 0 Å². The van der Waals surface area contributed by atoms with Crippen molar-refractivity contribution in [3.8, 4) is 11.8 Å². The molecule has 1 aromatic rings. The van der Waals surface area contributed by atoms with Gasteiger partial charge in [0, 0.05) is 5.92 Å². The Morgan fingerprint density at radius 2 is 1.94 bits per heavy atom. The number of nitrogens with zero attached hydrogens (tertiary/aromatic N) is 1. The van der Waals surface area contributed by atoms with E-state index in [-0.39, 0.29) is 5.92 Å². The van der Waals surface area contributed by atoms with Crippen LogP contribution >= 0.6 is 0 Å². The molecule has 0 saturated heterocycles. The van der Waals surface area contributed by atoms with E-state index in [1.54, 1.807) is 7.11 Å². The Labute approximate surface area is 103 Å². The molecule has 1 aliphatic rings. The summed E-state index contributed by atoms with van der Waals surface area (Å²) >= 11 is 0. The lowest BCUT2D eigenvalue weighted by atomic mass is 9.73. The fourth-order valence-corrected chi connectivity index (χ4v) is 2.77. The first-order chi connectivity index (χ1) is 8.24. The van der Waals surface area contributed by atoms with E-state index in [9.17, 15) is 0 Å². The summed E-state index contributed by atoms with van der Waals surface area (Å²) in [6.45, 7) is 2.20. The molecule has 2 nitrogen and oxygen atoms in total. The van der Waals surface area contributed by atoms with E-state index in [2.05, 4.69) is 25.1 Å². The van der Waals surface area contributed by atoms with Gasteiger partial charge in [0.25, 0.3) is 0 Å². The van der Waals surface area contributed by atoms with Crippen molar-refractivity contribution >= 4 is 0 Å². The molecule has 0 N–H and O–H groups in total. The minimum absolute atomic E-state index is 0.254. The molecule has 0 aliphatic heterocycles. The molecule has 0 radical (unpaired) electrons. The SMILES string of the molecule is COc1ccc([C@@H]2CC[C@@H](C#N)[C@H](C)C2)cc1. The number of benzene rings is 1. The lowest BCUT2D eigenvalue weighted by Crippen LogP contribution is -2.20. The van der Waals surface area contributed by atoms with Crippen molar-refractivity contribution in [2.45, 2.75) is 32.1 Å². The number of hydrogen-bond acceptors (Lipinski definition) is 2. The highest BCUT2D eigenvalue weighted by molar-refractivity contribution is 5.29. The van der Waals surface area contributed by atoms with Crippen LogP contribution in [0.4, 0.5) is 0 Å². The second kappa shape index (κ2) is 5.23. The predicted molar refractivity (Wildman–Crippen MR) is 67.9 cm³/mol. The van der Waals surface area contributed by atoms with E-state index in [1.165, 1.54) is 5.56 Å². The zero-order chi connectivity index (χ0) is 12.3.